The predicted octanol–water partition coefficient (Wildman–Crippen LogP) is 4.88. The van der Waals surface area contributed by atoms with Crippen LogP contribution in [0.1, 0.15) is 11.1 Å². The molecule has 3 rings (SSSR count). The first kappa shape index (κ1) is 22.8. The van der Waals surface area contributed by atoms with Gasteiger partial charge in [0, 0.05) is 4.47 Å². The van der Waals surface area contributed by atoms with Crippen molar-refractivity contribution in [3.63, 3.8) is 0 Å². The Labute approximate surface area is 190 Å². The van der Waals surface area contributed by atoms with Crippen LogP contribution < -0.4 is 13.8 Å². The molecule has 0 N–H and O–H groups in total. The van der Waals surface area contributed by atoms with Crippen molar-refractivity contribution in [1.29, 1.82) is 0 Å². The van der Waals surface area contributed by atoms with Crippen molar-refractivity contribution < 1.29 is 22.7 Å². The van der Waals surface area contributed by atoms with Crippen molar-refractivity contribution in [3.05, 3.63) is 82.3 Å². The molecule has 0 spiro atoms. The number of carbonyl (C=O) groups is 1. The highest BCUT2D eigenvalue weighted by Gasteiger charge is 2.31. The van der Waals surface area contributed by atoms with Crippen LogP contribution >= 0.6 is 15.9 Å². The number of carbonyl (C=O) groups excluding carboxylic acids is 1. The molecule has 0 atom stereocenters. The zero-order chi connectivity index (χ0) is 22.6. The molecule has 0 bridgehead atoms. The van der Waals surface area contributed by atoms with Gasteiger partial charge in [-0.1, -0.05) is 33.6 Å². The summed E-state index contributed by atoms with van der Waals surface area (Å²) in [6, 6.07) is 17.8. The topological polar surface area (TPSA) is 72.9 Å². The number of aryl methyl sites for hydroxylation is 2. The van der Waals surface area contributed by atoms with Crippen LogP contribution in [0, 0.1) is 13.8 Å². The van der Waals surface area contributed by atoms with Crippen LogP contribution in [-0.4, -0.2) is 28.0 Å². The molecule has 0 aliphatic heterocycles. The largest absolute Gasteiger partial charge is 0.497 e. The third-order valence-corrected chi connectivity index (χ3v) is 7.24. The summed E-state index contributed by atoms with van der Waals surface area (Å²) in [7, 11) is -2.64. The molecule has 8 heteroatoms. The SMILES string of the molecule is COc1ccc(N(C(=O)COc2ccc(Br)c(C)c2)S(=O)(=O)c2ccc(C)cc2)cc1. The number of nitrogens with zero attached hydrogens (tertiary/aromatic N) is 1. The van der Waals surface area contributed by atoms with E-state index in [2.05, 4.69) is 15.9 Å². The van der Waals surface area contributed by atoms with E-state index in [1.807, 2.05) is 13.8 Å². The molecule has 0 aliphatic carbocycles. The smallest absolute Gasteiger partial charge is 0.278 e. The Morgan fingerprint density at radius 1 is 0.935 bits per heavy atom. The zero-order valence-corrected chi connectivity index (χ0v) is 19.7. The van der Waals surface area contributed by atoms with Gasteiger partial charge in [0.25, 0.3) is 15.9 Å². The number of rotatable bonds is 7. The molecule has 0 radical (unpaired) electrons. The molecule has 0 unspecified atom stereocenters. The lowest BCUT2D eigenvalue weighted by molar-refractivity contribution is -0.119. The van der Waals surface area contributed by atoms with Gasteiger partial charge in [0.15, 0.2) is 6.61 Å². The van der Waals surface area contributed by atoms with Gasteiger partial charge in [0.05, 0.1) is 17.7 Å². The number of amides is 1. The Bertz CT molecular complexity index is 1180. The molecule has 31 heavy (non-hydrogen) atoms. The average molecular weight is 504 g/mol. The molecule has 0 aliphatic rings. The van der Waals surface area contributed by atoms with Crippen LogP contribution in [0.15, 0.2) is 76.1 Å². The average Bonchev–Trinajstić information content (AvgIpc) is 2.75. The monoisotopic (exact) mass is 503 g/mol. The number of ether oxygens (including phenoxy) is 2. The summed E-state index contributed by atoms with van der Waals surface area (Å²) in [6.07, 6.45) is 0. The van der Waals surface area contributed by atoms with Crippen LogP contribution in [0.25, 0.3) is 0 Å². The number of sulfonamides is 1. The summed E-state index contributed by atoms with van der Waals surface area (Å²) in [5.41, 5.74) is 2.04. The molecule has 0 saturated carbocycles. The summed E-state index contributed by atoms with van der Waals surface area (Å²) < 4.78 is 39.1. The molecule has 3 aromatic carbocycles. The van der Waals surface area contributed by atoms with Crippen molar-refractivity contribution >= 4 is 37.5 Å². The first-order chi connectivity index (χ1) is 14.7. The van der Waals surface area contributed by atoms with Gasteiger partial charge < -0.3 is 9.47 Å². The number of anilines is 1. The fourth-order valence-corrected chi connectivity index (χ4v) is 4.52. The van der Waals surface area contributed by atoms with Crippen LogP contribution in [-0.2, 0) is 14.8 Å². The van der Waals surface area contributed by atoms with Gasteiger partial charge in [-0.05, 0) is 74.0 Å². The van der Waals surface area contributed by atoms with Crippen molar-refractivity contribution in [2.75, 3.05) is 18.0 Å². The summed E-state index contributed by atoms with van der Waals surface area (Å²) in [6.45, 7) is 3.30. The van der Waals surface area contributed by atoms with E-state index < -0.39 is 22.5 Å². The van der Waals surface area contributed by atoms with E-state index >= 15 is 0 Å². The minimum Gasteiger partial charge on any atom is -0.497 e. The van der Waals surface area contributed by atoms with Crippen molar-refractivity contribution in [2.45, 2.75) is 18.7 Å². The molecule has 6 nitrogen and oxygen atoms in total. The Hall–Kier alpha value is -2.84. The fourth-order valence-electron chi connectivity index (χ4n) is 2.86. The molecule has 0 fully saturated rings. The zero-order valence-electron chi connectivity index (χ0n) is 17.3. The molecule has 0 heterocycles. The number of benzene rings is 3. The van der Waals surface area contributed by atoms with E-state index in [9.17, 15) is 13.2 Å². The predicted molar refractivity (Wildman–Crippen MR) is 123 cm³/mol. The highest BCUT2D eigenvalue weighted by molar-refractivity contribution is 9.10. The van der Waals surface area contributed by atoms with E-state index in [0.717, 1.165) is 19.9 Å². The Morgan fingerprint density at radius 3 is 2.13 bits per heavy atom. The lowest BCUT2D eigenvalue weighted by atomic mass is 10.2. The van der Waals surface area contributed by atoms with Gasteiger partial charge in [-0.25, -0.2) is 8.42 Å². The molecular formula is C23H22BrNO5S. The minimum absolute atomic E-state index is 0.0155. The quantitative estimate of drug-likeness (QED) is 0.459. The van der Waals surface area contributed by atoms with E-state index in [1.165, 1.54) is 31.4 Å². The molecular weight excluding hydrogens is 482 g/mol. The fraction of sp³-hybridized carbons (Fsp3) is 0.174. The lowest BCUT2D eigenvalue weighted by Gasteiger charge is -2.23. The van der Waals surface area contributed by atoms with Gasteiger partial charge >= 0.3 is 0 Å². The molecule has 0 saturated heterocycles. The van der Waals surface area contributed by atoms with E-state index in [0.29, 0.717) is 11.5 Å². The van der Waals surface area contributed by atoms with Crippen molar-refractivity contribution in [2.24, 2.45) is 0 Å². The van der Waals surface area contributed by atoms with Gasteiger partial charge in [-0.15, -0.1) is 0 Å². The number of halogens is 1. The maximum atomic E-state index is 13.4. The lowest BCUT2D eigenvalue weighted by Crippen LogP contribution is -2.40. The van der Waals surface area contributed by atoms with E-state index in [4.69, 9.17) is 9.47 Å². The summed E-state index contributed by atoms with van der Waals surface area (Å²) in [4.78, 5) is 13.1. The van der Waals surface area contributed by atoms with Gasteiger partial charge in [-0.3, -0.25) is 4.79 Å². The molecule has 162 valence electrons. The normalized spacial score (nSPS) is 11.1. The van der Waals surface area contributed by atoms with Crippen molar-refractivity contribution in [3.8, 4) is 11.5 Å². The first-order valence-corrected chi connectivity index (χ1v) is 11.6. The van der Waals surface area contributed by atoms with Gasteiger partial charge in [0.1, 0.15) is 11.5 Å². The molecule has 1 amide bonds. The van der Waals surface area contributed by atoms with E-state index in [1.54, 1.807) is 42.5 Å². The highest BCUT2D eigenvalue weighted by atomic mass is 79.9. The van der Waals surface area contributed by atoms with Crippen LogP contribution in [0.5, 0.6) is 11.5 Å². The second-order valence-corrected chi connectivity index (χ2v) is 9.51. The first-order valence-electron chi connectivity index (χ1n) is 9.40. The summed E-state index contributed by atoms with van der Waals surface area (Å²) in [5.74, 6) is 0.299. The Balaban J connectivity index is 1.95. The van der Waals surface area contributed by atoms with Crippen LogP contribution in [0.2, 0.25) is 0 Å². The maximum absolute atomic E-state index is 13.4. The molecule has 3 aromatic rings. The highest BCUT2D eigenvalue weighted by Crippen LogP contribution is 2.27. The third-order valence-electron chi connectivity index (χ3n) is 4.58. The minimum atomic E-state index is -4.15. The van der Waals surface area contributed by atoms with Crippen LogP contribution in [0.3, 0.4) is 0 Å². The maximum Gasteiger partial charge on any atom is 0.278 e. The van der Waals surface area contributed by atoms with Gasteiger partial charge in [-0.2, -0.15) is 4.31 Å². The molecule has 0 aromatic heterocycles. The standard InChI is InChI=1S/C23H22BrNO5S/c1-16-4-11-21(12-5-16)31(27,28)25(18-6-8-19(29-3)9-7-18)23(26)15-30-20-10-13-22(24)17(2)14-20/h4-14H,15H2,1-3H3. The number of hydrogen-bond donors (Lipinski definition) is 0. The summed E-state index contributed by atoms with van der Waals surface area (Å²) in [5, 5.41) is 0. The Kier molecular flexibility index (Phi) is 7.02. The van der Waals surface area contributed by atoms with Gasteiger partial charge in [0.2, 0.25) is 0 Å². The second kappa shape index (κ2) is 9.53. The Morgan fingerprint density at radius 2 is 1.55 bits per heavy atom. The third kappa shape index (κ3) is 5.26. The number of hydrogen-bond acceptors (Lipinski definition) is 5. The van der Waals surface area contributed by atoms with Crippen molar-refractivity contribution in [1.82, 2.24) is 0 Å². The summed E-state index contributed by atoms with van der Waals surface area (Å²) >= 11 is 3.41. The number of methoxy groups -OCH3 is 1. The van der Waals surface area contributed by atoms with E-state index in [-0.39, 0.29) is 10.6 Å². The second-order valence-electron chi connectivity index (χ2n) is 6.87. The van der Waals surface area contributed by atoms with Crippen LogP contribution in [0.4, 0.5) is 5.69 Å².